The highest BCUT2D eigenvalue weighted by atomic mass is 32.2. The van der Waals surface area contributed by atoms with Crippen molar-refractivity contribution in [3.63, 3.8) is 0 Å². The molecule has 2 aromatic carbocycles. The molecule has 0 bridgehead atoms. The lowest BCUT2D eigenvalue weighted by atomic mass is 9.87. The summed E-state index contributed by atoms with van der Waals surface area (Å²) in [7, 11) is -3.70. The van der Waals surface area contributed by atoms with Gasteiger partial charge >= 0.3 is 0 Å². The van der Waals surface area contributed by atoms with Gasteiger partial charge in [-0.3, -0.25) is 0 Å². The SMILES string of the molecule is CCOc1ccc(Cn2c(CNS(=O)(=O)c3ccc(C(C)(C)C)cc3)nc3cccnc32)cc1. The molecule has 0 aliphatic heterocycles. The molecule has 0 atom stereocenters. The van der Waals surface area contributed by atoms with E-state index in [-0.39, 0.29) is 16.9 Å². The number of ether oxygens (including phenoxy) is 1. The Kier molecular flexibility index (Phi) is 6.72. The van der Waals surface area contributed by atoms with Crippen LogP contribution >= 0.6 is 0 Å². The molecule has 7 nitrogen and oxygen atoms in total. The summed E-state index contributed by atoms with van der Waals surface area (Å²) in [6, 6.07) is 18.5. The zero-order valence-corrected chi connectivity index (χ0v) is 20.8. The Labute approximate surface area is 200 Å². The molecule has 4 rings (SSSR count). The molecule has 0 radical (unpaired) electrons. The maximum atomic E-state index is 13.0. The zero-order chi connectivity index (χ0) is 24.3. The van der Waals surface area contributed by atoms with Crippen molar-refractivity contribution in [1.29, 1.82) is 0 Å². The van der Waals surface area contributed by atoms with Crippen LogP contribution < -0.4 is 9.46 Å². The number of fused-ring (bicyclic) bond motifs is 1. The van der Waals surface area contributed by atoms with Crippen LogP contribution in [0.1, 0.15) is 44.6 Å². The second-order valence-electron chi connectivity index (χ2n) is 9.14. The van der Waals surface area contributed by atoms with E-state index in [0.717, 1.165) is 22.4 Å². The summed E-state index contributed by atoms with van der Waals surface area (Å²) in [6.45, 7) is 9.41. The molecule has 0 saturated heterocycles. The summed E-state index contributed by atoms with van der Waals surface area (Å²) in [6.07, 6.45) is 1.71. The molecule has 0 aliphatic carbocycles. The minimum Gasteiger partial charge on any atom is -0.494 e. The molecular weight excluding hydrogens is 448 g/mol. The maximum Gasteiger partial charge on any atom is 0.240 e. The van der Waals surface area contributed by atoms with Crippen LogP contribution in [0.3, 0.4) is 0 Å². The van der Waals surface area contributed by atoms with Gasteiger partial charge in [-0.1, -0.05) is 45.0 Å². The standard InChI is InChI=1S/C26H30N4O3S/c1-5-33-21-12-8-19(9-13-21)18-30-24(29-23-7-6-16-27-25(23)30)17-28-34(31,32)22-14-10-20(11-15-22)26(2,3)4/h6-16,28H,5,17-18H2,1-4H3. The van der Waals surface area contributed by atoms with Crippen molar-refractivity contribution in [3.05, 3.63) is 83.8 Å². The molecule has 2 heterocycles. The van der Waals surface area contributed by atoms with E-state index in [1.165, 1.54) is 0 Å². The summed E-state index contributed by atoms with van der Waals surface area (Å²) in [5, 5.41) is 0. The smallest absolute Gasteiger partial charge is 0.240 e. The fourth-order valence-electron chi connectivity index (χ4n) is 3.72. The molecule has 34 heavy (non-hydrogen) atoms. The van der Waals surface area contributed by atoms with Gasteiger partial charge in [0.25, 0.3) is 0 Å². The van der Waals surface area contributed by atoms with E-state index in [1.54, 1.807) is 18.3 Å². The van der Waals surface area contributed by atoms with Gasteiger partial charge in [0.2, 0.25) is 10.0 Å². The largest absolute Gasteiger partial charge is 0.494 e. The first-order valence-electron chi connectivity index (χ1n) is 11.3. The first-order valence-corrected chi connectivity index (χ1v) is 12.8. The average molecular weight is 479 g/mol. The van der Waals surface area contributed by atoms with E-state index >= 15 is 0 Å². The fourth-order valence-corrected chi connectivity index (χ4v) is 4.70. The number of rotatable bonds is 8. The first-order chi connectivity index (χ1) is 16.2. The van der Waals surface area contributed by atoms with Crippen molar-refractivity contribution in [2.45, 2.75) is 51.1 Å². The number of benzene rings is 2. The third kappa shape index (κ3) is 5.29. The second-order valence-corrected chi connectivity index (χ2v) is 10.9. The summed E-state index contributed by atoms with van der Waals surface area (Å²) < 4.78 is 36.1. The third-order valence-corrected chi connectivity index (χ3v) is 7.03. The van der Waals surface area contributed by atoms with Crippen molar-refractivity contribution in [2.24, 2.45) is 0 Å². The number of aromatic nitrogens is 3. The monoisotopic (exact) mass is 478 g/mol. The molecule has 0 fully saturated rings. The van der Waals surface area contributed by atoms with Crippen molar-refractivity contribution in [3.8, 4) is 5.75 Å². The lowest BCUT2D eigenvalue weighted by molar-refractivity contribution is 0.340. The van der Waals surface area contributed by atoms with E-state index < -0.39 is 10.0 Å². The quantitative estimate of drug-likeness (QED) is 0.398. The molecule has 2 aromatic heterocycles. The number of hydrogen-bond acceptors (Lipinski definition) is 5. The van der Waals surface area contributed by atoms with Crippen LogP contribution in [0.25, 0.3) is 11.2 Å². The van der Waals surface area contributed by atoms with Gasteiger partial charge in [0.05, 0.1) is 24.6 Å². The van der Waals surface area contributed by atoms with Gasteiger partial charge in [0.15, 0.2) is 5.65 Å². The maximum absolute atomic E-state index is 13.0. The van der Waals surface area contributed by atoms with Crippen LogP contribution in [0.15, 0.2) is 71.8 Å². The number of hydrogen-bond donors (Lipinski definition) is 1. The molecule has 0 amide bonds. The van der Waals surface area contributed by atoms with Crippen LogP contribution in [0.2, 0.25) is 0 Å². The summed E-state index contributed by atoms with van der Waals surface area (Å²) in [4.78, 5) is 9.36. The lowest BCUT2D eigenvalue weighted by Gasteiger charge is -2.19. The van der Waals surface area contributed by atoms with Gasteiger partial charge in [0.1, 0.15) is 17.1 Å². The highest BCUT2D eigenvalue weighted by Gasteiger charge is 2.19. The molecule has 1 N–H and O–H groups in total. The highest BCUT2D eigenvalue weighted by molar-refractivity contribution is 7.89. The number of imidazole rings is 1. The van der Waals surface area contributed by atoms with Gasteiger partial charge in [-0.05, 0) is 59.9 Å². The van der Waals surface area contributed by atoms with E-state index in [1.807, 2.05) is 60.0 Å². The zero-order valence-electron chi connectivity index (χ0n) is 19.9. The van der Waals surface area contributed by atoms with Crippen molar-refractivity contribution < 1.29 is 13.2 Å². The predicted octanol–water partition coefficient (Wildman–Crippen LogP) is 4.65. The normalized spacial score (nSPS) is 12.2. The van der Waals surface area contributed by atoms with Crippen molar-refractivity contribution in [2.75, 3.05) is 6.61 Å². The molecule has 0 unspecified atom stereocenters. The second kappa shape index (κ2) is 9.56. The Morgan fingerprint density at radius 2 is 1.71 bits per heavy atom. The van der Waals surface area contributed by atoms with Gasteiger partial charge < -0.3 is 9.30 Å². The number of pyridine rings is 1. The Bertz CT molecular complexity index is 1370. The third-order valence-electron chi connectivity index (χ3n) is 5.61. The van der Waals surface area contributed by atoms with Crippen molar-refractivity contribution >= 4 is 21.2 Å². The topological polar surface area (TPSA) is 86.1 Å². The van der Waals surface area contributed by atoms with E-state index in [9.17, 15) is 8.42 Å². The molecule has 0 aliphatic rings. The van der Waals surface area contributed by atoms with Gasteiger partial charge in [-0.15, -0.1) is 0 Å². The van der Waals surface area contributed by atoms with Gasteiger partial charge in [0, 0.05) is 6.20 Å². The Morgan fingerprint density at radius 3 is 2.35 bits per heavy atom. The minimum absolute atomic E-state index is 0.0472. The van der Waals surface area contributed by atoms with E-state index in [4.69, 9.17) is 4.74 Å². The number of sulfonamides is 1. The molecule has 4 aromatic rings. The van der Waals surface area contributed by atoms with Crippen LogP contribution in [0, 0.1) is 0 Å². The Balaban J connectivity index is 1.58. The van der Waals surface area contributed by atoms with Crippen LogP contribution in [-0.4, -0.2) is 29.6 Å². The van der Waals surface area contributed by atoms with Gasteiger partial charge in [-0.2, -0.15) is 0 Å². The van der Waals surface area contributed by atoms with Gasteiger partial charge in [-0.25, -0.2) is 23.1 Å². The first kappa shape index (κ1) is 23.9. The summed E-state index contributed by atoms with van der Waals surface area (Å²) >= 11 is 0. The molecule has 0 saturated carbocycles. The predicted molar refractivity (Wildman–Crippen MR) is 133 cm³/mol. The van der Waals surface area contributed by atoms with Crippen LogP contribution in [0.4, 0.5) is 0 Å². The summed E-state index contributed by atoms with van der Waals surface area (Å²) in [5.41, 5.74) is 3.50. The molecular formula is C26H30N4O3S. The molecule has 178 valence electrons. The summed E-state index contributed by atoms with van der Waals surface area (Å²) in [5.74, 6) is 1.41. The molecule has 0 spiro atoms. The highest BCUT2D eigenvalue weighted by Crippen LogP contribution is 2.24. The number of nitrogens with zero attached hydrogens (tertiary/aromatic N) is 3. The average Bonchev–Trinajstić information content (AvgIpc) is 3.16. The molecule has 8 heteroatoms. The van der Waals surface area contributed by atoms with E-state index in [2.05, 4.69) is 35.5 Å². The van der Waals surface area contributed by atoms with Crippen LogP contribution in [-0.2, 0) is 28.5 Å². The van der Waals surface area contributed by atoms with Crippen LogP contribution in [0.5, 0.6) is 5.75 Å². The Hall–Kier alpha value is -3.23. The number of nitrogens with one attached hydrogen (secondary N) is 1. The lowest BCUT2D eigenvalue weighted by Crippen LogP contribution is -2.25. The Morgan fingerprint density at radius 1 is 1.00 bits per heavy atom. The van der Waals surface area contributed by atoms with Crippen molar-refractivity contribution in [1.82, 2.24) is 19.3 Å². The van der Waals surface area contributed by atoms with E-state index in [0.29, 0.717) is 24.6 Å². The minimum atomic E-state index is -3.70. The fraction of sp³-hybridized carbons (Fsp3) is 0.308.